The van der Waals surface area contributed by atoms with E-state index >= 15 is 0 Å². The Kier molecular flexibility index (Phi) is 6.62. The van der Waals surface area contributed by atoms with Gasteiger partial charge >= 0.3 is 0 Å². The van der Waals surface area contributed by atoms with Gasteiger partial charge in [0.05, 0.1) is 11.4 Å². The van der Waals surface area contributed by atoms with E-state index < -0.39 is 0 Å². The van der Waals surface area contributed by atoms with Gasteiger partial charge in [0.2, 0.25) is 0 Å². The molecule has 0 fully saturated rings. The quantitative estimate of drug-likeness (QED) is 0.186. The molecule has 8 aromatic carbocycles. The topological polar surface area (TPSA) is 38.6 Å². The van der Waals surface area contributed by atoms with Gasteiger partial charge in [0.15, 0.2) is 0 Å². The minimum absolute atomic E-state index is 0.766. The lowest BCUT2D eigenvalue weighted by Gasteiger charge is -2.09. The minimum atomic E-state index is 0.766. The first-order valence-electron chi connectivity index (χ1n) is 18.1. The van der Waals surface area contributed by atoms with Crippen LogP contribution in [0.1, 0.15) is 23.1 Å². The molecule has 0 unspecified atom stereocenters. The zero-order valence-electron chi connectivity index (χ0n) is 28.7. The molecule has 0 amide bonds. The van der Waals surface area contributed by atoms with Crippen LogP contribution in [0.2, 0.25) is 0 Å². The maximum atomic E-state index is 6.74. The molecule has 248 valence electrons. The van der Waals surface area contributed by atoms with Crippen molar-refractivity contribution in [1.82, 2.24) is 0 Å². The van der Waals surface area contributed by atoms with Crippen molar-refractivity contribution in [2.45, 2.75) is 6.42 Å². The Morgan fingerprint density at radius 1 is 0.434 bits per heavy atom. The van der Waals surface area contributed by atoms with Crippen LogP contribution in [-0.4, -0.2) is 5.71 Å². The molecule has 2 aromatic heterocycles. The highest BCUT2D eigenvalue weighted by Crippen LogP contribution is 2.41. The Morgan fingerprint density at radius 3 is 2.09 bits per heavy atom. The average molecular weight is 678 g/mol. The zero-order valence-corrected chi connectivity index (χ0v) is 28.7. The summed E-state index contributed by atoms with van der Waals surface area (Å²) in [6, 6.07) is 57.7. The number of hydrogen-bond donors (Lipinski definition) is 0. The predicted molar refractivity (Wildman–Crippen MR) is 221 cm³/mol. The molecular weight excluding hydrogens is 647 g/mol. The van der Waals surface area contributed by atoms with Crippen molar-refractivity contribution in [3.8, 4) is 11.1 Å². The Hall–Kier alpha value is -6.97. The molecule has 0 aliphatic carbocycles. The number of furan rings is 2. The maximum absolute atomic E-state index is 6.74. The summed E-state index contributed by atoms with van der Waals surface area (Å²) in [7, 11) is 0. The van der Waals surface area contributed by atoms with Crippen LogP contribution in [0.4, 0.5) is 0 Å². The summed E-state index contributed by atoms with van der Waals surface area (Å²) in [5.41, 5.74) is 12.0. The van der Waals surface area contributed by atoms with Crippen LogP contribution in [0.15, 0.2) is 190 Å². The molecule has 0 atom stereocenters. The molecule has 53 heavy (non-hydrogen) atoms. The largest absolute Gasteiger partial charge is 0.456 e. The molecule has 1 aliphatic rings. The summed E-state index contributed by atoms with van der Waals surface area (Å²) < 4.78 is 13.3. The zero-order chi connectivity index (χ0) is 34.9. The van der Waals surface area contributed by atoms with E-state index in [1.54, 1.807) is 0 Å². The Balaban J connectivity index is 1.11. The van der Waals surface area contributed by atoms with Crippen LogP contribution in [0.25, 0.3) is 87.8 Å². The van der Waals surface area contributed by atoms with Gasteiger partial charge in [-0.05, 0) is 75.7 Å². The van der Waals surface area contributed by atoms with E-state index in [2.05, 4.69) is 176 Å². The molecule has 3 heterocycles. The number of para-hydroxylation sites is 1. The highest BCUT2D eigenvalue weighted by molar-refractivity contribution is 6.25. The van der Waals surface area contributed by atoms with Gasteiger partial charge < -0.3 is 8.83 Å². The second kappa shape index (κ2) is 11.8. The van der Waals surface area contributed by atoms with Crippen molar-refractivity contribution in [1.29, 1.82) is 0 Å². The van der Waals surface area contributed by atoms with Gasteiger partial charge in [-0.1, -0.05) is 140 Å². The maximum Gasteiger partial charge on any atom is 0.143 e. The van der Waals surface area contributed by atoms with E-state index in [0.29, 0.717) is 0 Å². The number of rotatable bonds is 4. The van der Waals surface area contributed by atoms with E-state index in [1.165, 1.54) is 27.3 Å². The number of nitrogens with zero attached hydrogens (tertiary/aromatic N) is 1. The molecule has 0 bridgehead atoms. The summed E-state index contributed by atoms with van der Waals surface area (Å²) >= 11 is 0. The molecule has 1 aliphatic heterocycles. The van der Waals surface area contributed by atoms with Crippen LogP contribution in [0.3, 0.4) is 0 Å². The normalized spacial score (nSPS) is 13.5. The molecule has 0 saturated heterocycles. The van der Waals surface area contributed by atoms with Crippen molar-refractivity contribution in [2.75, 3.05) is 0 Å². The molecule has 3 nitrogen and oxygen atoms in total. The molecular formula is C50H31NO2. The fraction of sp³-hybridized carbons (Fsp3) is 0.0200. The lowest BCUT2D eigenvalue weighted by Crippen LogP contribution is -1.99. The van der Waals surface area contributed by atoms with Gasteiger partial charge in [-0.15, -0.1) is 0 Å². The fourth-order valence-corrected chi connectivity index (χ4v) is 8.12. The van der Waals surface area contributed by atoms with Gasteiger partial charge in [0.25, 0.3) is 0 Å². The molecule has 0 N–H and O–H groups in total. The summed E-state index contributed by atoms with van der Waals surface area (Å²) in [6.07, 6.45) is 5.29. The van der Waals surface area contributed by atoms with Crippen LogP contribution in [0.5, 0.6) is 0 Å². The molecule has 11 rings (SSSR count). The second-order valence-corrected chi connectivity index (χ2v) is 13.8. The van der Waals surface area contributed by atoms with Gasteiger partial charge in [-0.25, -0.2) is 4.99 Å². The monoisotopic (exact) mass is 677 g/mol. The number of hydrogen-bond acceptors (Lipinski definition) is 3. The third kappa shape index (κ3) is 4.86. The van der Waals surface area contributed by atoms with Gasteiger partial charge in [0, 0.05) is 43.6 Å². The highest BCUT2D eigenvalue weighted by Gasteiger charge is 2.20. The highest BCUT2D eigenvalue weighted by atomic mass is 16.3. The smallest absolute Gasteiger partial charge is 0.143 e. The standard InChI is InChI=1S/C50H31NO2/c1-2-10-31(11-3-1)35-23-26-44(37-21-20-32-12-4-5-14-34(32)28-37)51-45(30-35)42-18-9-19-47-48(42)43-29-36(24-27-46(43)52-47)39-16-8-17-40-41-25-22-33-13-6-7-15-38(33)49(41)53-50(39)40/h1-22,24-30H,23H2. The van der Waals surface area contributed by atoms with E-state index in [1.807, 2.05) is 0 Å². The number of aliphatic imine (C=N–C) groups is 1. The predicted octanol–water partition coefficient (Wildman–Crippen LogP) is 13.8. The Bertz CT molecular complexity index is 3190. The van der Waals surface area contributed by atoms with Gasteiger partial charge in [0.1, 0.15) is 22.3 Å². The van der Waals surface area contributed by atoms with Crippen LogP contribution < -0.4 is 0 Å². The molecule has 3 heteroatoms. The number of fused-ring (bicyclic) bond motifs is 9. The van der Waals surface area contributed by atoms with Crippen molar-refractivity contribution < 1.29 is 8.83 Å². The van der Waals surface area contributed by atoms with E-state index in [0.717, 1.165) is 89.3 Å². The number of allylic oxidation sites excluding steroid dienone is 3. The van der Waals surface area contributed by atoms with Crippen molar-refractivity contribution in [2.24, 2.45) is 4.99 Å². The summed E-state index contributed by atoms with van der Waals surface area (Å²) in [5.74, 6) is 0. The molecule has 10 aromatic rings. The average Bonchev–Trinajstić information content (AvgIpc) is 3.71. The van der Waals surface area contributed by atoms with Crippen LogP contribution in [0, 0.1) is 0 Å². The van der Waals surface area contributed by atoms with Crippen molar-refractivity contribution >= 4 is 82.4 Å². The lowest BCUT2D eigenvalue weighted by molar-refractivity contribution is 0.668. The van der Waals surface area contributed by atoms with Crippen molar-refractivity contribution in [3.63, 3.8) is 0 Å². The fourth-order valence-electron chi connectivity index (χ4n) is 8.12. The van der Waals surface area contributed by atoms with Gasteiger partial charge in [-0.2, -0.15) is 0 Å². The number of benzene rings is 8. The molecule has 0 spiro atoms. The first-order valence-corrected chi connectivity index (χ1v) is 18.1. The van der Waals surface area contributed by atoms with E-state index in [-0.39, 0.29) is 0 Å². The van der Waals surface area contributed by atoms with Gasteiger partial charge in [-0.3, -0.25) is 0 Å². The third-order valence-electron chi connectivity index (χ3n) is 10.7. The minimum Gasteiger partial charge on any atom is -0.456 e. The van der Waals surface area contributed by atoms with Crippen LogP contribution in [-0.2, 0) is 0 Å². The first-order chi connectivity index (χ1) is 26.2. The Labute approximate surface area is 305 Å². The lowest BCUT2D eigenvalue weighted by atomic mass is 9.95. The third-order valence-corrected chi connectivity index (χ3v) is 10.7. The van der Waals surface area contributed by atoms with Crippen LogP contribution >= 0.6 is 0 Å². The second-order valence-electron chi connectivity index (χ2n) is 13.8. The van der Waals surface area contributed by atoms with E-state index in [4.69, 9.17) is 13.8 Å². The van der Waals surface area contributed by atoms with Crippen molar-refractivity contribution in [3.05, 3.63) is 193 Å². The Morgan fingerprint density at radius 2 is 1.17 bits per heavy atom. The van der Waals surface area contributed by atoms with E-state index in [9.17, 15) is 0 Å². The summed E-state index contributed by atoms with van der Waals surface area (Å²) in [6.45, 7) is 0. The molecule has 0 radical (unpaired) electrons. The summed E-state index contributed by atoms with van der Waals surface area (Å²) in [4.78, 5) is 5.45. The SMILES string of the molecule is C1=C(c2ccccc2)CC=C(c2ccc3ccccc3c2)N=C1c1cccc2oc3ccc(-c4cccc5c4oc4c6ccccc6ccc54)cc3c12. The molecule has 0 saturated carbocycles. The first kappa shape index (κ1) is 29.7. The summed E-state index contributed by atoms with van der Waals surface area (Å²) in [5, 5.41) is 9.04.